The van der Waals surface area contributed by atoms with Crippen LogP contribution in [0.5, 0.6) is 0 Å². The van der Waals surface area contributed by atoms with Gasteiger partial charge in [0.2, 0.25) is 0 Å². The van der Waals surface area contributed by atoms with Crippen LogP contribution in [-0.2, 0) is 0 Å². The predicted octanol–water partition coefficient (Wildman–Crippen LogP) is 5.93. The number of hydrogen-bond donors (Lipinski definition) is 0. The number of likely N-dealkylation sites (tertiary alicyclic amines) is 1. The molecule has 0 aromatic heterocycles. The van der Waals surface area contributed by atoms with Crippen LogP contribution in [-0.4, -0.2) is 32.6 Å². The zero-order valence-corrected chi connectivity index (χ0v) is 15.6. The van der Waals surface area contributed by atoms with Crippen molar-refractivity contribution in [3.63, 3.8) is 0 Å². The monoisotopic (exact) mass is 297 g/mol. The van der Waals surface area contributed by atoms with E-state index in [0.29, 0.717) is 0 Å². The molecule has 1 rings (SSSR count). The summed E-state index contributed by atoms with van der Waals surface area (Å²) >= 11 is 0. The molecule has 0 unspecified atom stereocenters. The van der Waals surface area contributed by atoms with Crippen molar-refractivity contribution in [2.45, 2.75) is 96.3 Å². The van der Waals surface area contributed by atoms with Crippen LogP contribution >= 0.6 is 0 Å². The van der Waals surface area contributed by atoms with E-state index in [1.54, 1.807) is 18.1 Å². The quantitative estimate of drug-likeness (QED) is 0.337. The van der Waals surface area contributed by atoms with E-state index in [9.17, 15) is 0 Å². The zero-order valence-electron chi connectivity index (χ0n) is 14.6. The Morgan fingerprint density at radius 2 is 1.30 bits per heavy atom. The summed E-state index contributed by atoms with van der Waals surface area (Å²) in [6, 6.07) is 4.78. The Kier molecular flexibility index (Phi) is 9.88. The minimum absolute atomic E-state index is 0.897. The van der Waals surface area contributed by atoms with E-state index in [2.05, 4.69) is 25.3 Å². The first-order valence-electron chi connectivity index (χ1n) is 9.42. The average Bonchev–Trinajstić information content (AvgIpc) is 2.49. The second-order valence-electron chi connectivity index (χ2n) is 7.38. The van der Waals surface area contributed by atoms with Crippen molar-refractivity contribution in [2.75, 3.05) is 19.6 Å². The van der Waals surface area contributed by atoms with Crippen LogP contribution in [0.1, 0.15) is 71.6 Å². The number of nitrogens with zero attached hydrogens (tertiary/aromatic N) is 1. The molecule has 2 heteroatoms. The number of unbranched alkanes of at least 4 members (excludes halogenated alkanes) is 3. The third kappa shape index (κ3) is 7.83. The predicted molar refractivity (Wildman–Crippen MR) is 95.4 cm³/mol. The van der Waals surface area contributed by atoms with Crippen molar-refractivity contribution in [3.8, 4) is 0 Å². The van der Waals surface area contributed by atoms with E-state index in [1.807, 2.05) is 0 Å². The van der Waals surface area contributed by atoms with E-state index < -0.39 is 8.07 Å². The molecule has 0 radical (unpaired) electrons. The first-order valence-corrected chi connectivity index (χ1v) is 12.5. The summed E-state index contributed by atoms with van der Waals surface area (Å²) in [5.41, 5.74) is 0. The van der Waals surface area contributed by atoms with Crippen LogP contribution in [0, 0.1) is 0 Å². The molecule has 0 spiro atoms. The van der Waals surface area contributed by atoms with Gasteiger partial charge < -0.3 is 4.90 Å². The fourth-order valence-electron chi connectivity index (χ4n) is 3.65. The highest BCUT2D eigenvalue weighted by Crippen LogP contribution is 2.28. The summed E-state index contributed by atoms with van der Waals surface area (Å²) < 4.78 is 0. The van der Waals surface area contributed by atoms with E-state index in [4.69, 9.17) is 0 Å². The average molecular weight is 298 g/mol. The highest BCUT2D eigenvalue weighted by atomic mass is 28.3. The van der Waals surface area contributed by atoms with Gasteiger partial charge in [-0.2, -0.15) is 0 Å². The molecule has 0 N–H and O–H groups in total. The van der Waals surface area contributed by atoms with Crippen LogP contribution in [0.25, 0.3) is 0 Å². The normalized spacial score (nSPS) is 17.6. The van der Waals surface area contributed by atoms with Gasteiger partial charge in [-0.3, -0.25) is 0 Å². The Labute approximate surface area is 129 Å². The third-order valence-corrected chi connectivity index (χ3v) is 9.90. The molecule has 1 saturated heterocycles. The minimum Gasteiger partial charge on any atom is -0.303 e. The molecule has 1 nitrogen and oxygen atoms in total. The fourth-order valence-corrected chi connectivity index (χ4v) is 7.92. The van der Waals surface area contributed by atoms with Crippen LogP contribution in [0.2, 0.25) is 24.7 Å². The van der Waals surface area contributed by atoms with Crippen molar-refractivity contribution < 1.29 is 0 Å². The highest BCUT2D eigenvalue weighted by Gasteiger charge is 2.24. The summed E-state index contributed by atoms with van der Waals surface area (Å²) in [6.45, 7) is 11.5. The molecular formula is C18H39NSi. The van der Waals surface area contributed by atoms with Crippen LogP contribution < -0.4 is 0 Å². The summed E-state index contributed by atoms with van der Waals surface area (Å²) in [6.07, 6.45) is 13.1. The number of piperidine rings is 1. The molecule has 120 valence electrons. The van der Waals surface area contributed by atoms with Gasteiger partial charge in [-0.25, -0.2) is 0 Å². The van der Waals surface area contributed by atoms with Crippen molar-refractivity contribution in [1.82, 2.24) is 4.90 Å². The lowest BCUT2D eigenvalue weighted by molar-refractivity contribution is 0.225. The largest absolute Gasteiger partial charge is 0.303 e. The van der Waals surface area contributed by atoms with E-state index in [-0.39, 0.29) is 0 Å². The second kappa shape index (κ2) is 10.8. The summed E-state index contributed by atoms with van der Waals surface area (Å²) in [5.74, 6) is 0. The maximum absolute atomic E-state index is 2.71. The lowest BCUT2D eigenvalue weighted by atomic mass is 10.1. The van der Waals surface area contributed by atoms with Gasteiger partial charge in [0.05, 0.1) is 8.07 Å². The second-order valence-corrected chi connectivity index (χ2v) is 12.5. The molecule has 0 aromatic carbocycles. The van der Waals surface area contributed by atoms with Gasteiger partial charge >= 0.3 is 0 Å². The SMILES string of the molecule is CCCC[Si](C)(CCCC)CCCCN1CCCCC1. The van der Waals surface area contributed by atoms with Gasteiger partial charge in [-0.05, 0) is 38.9 Å². The Hall–Kier alpha value is 0.177. The first-order chi connectivity index (χ1) is 9.70. The molecule has 0 amide bonds. The molecule has 0 aliphatic carbocycles. The lowest BCUT2D eigenvalue weighted by Crippen LogP contribution is -2.32. The van der Waals surface area contributed by atoms with Gasteiger partial charge in [0.25, 0.3) is 0 Å². The maximum Gasteiger partial charge on any atom is 0.0504 e. The molecule has 0 aromatic rings. The minimum atomic E-state index is -0.897. The smallest absolute Gasteiger partial charge is 0.0504 e. The fraction of sp³-hybridized carbons (Fsp3) is 1.00. The van der Waals surface area contributed by atoms with Gasteiger partial charge in [0, 0.05) is 0 Å². The summed E-state index contributed by atoms with van der Waals surface area (Å²) in [5, 5.41) is 0. The topological polar surface area (TPSA) is 3.24 Å². The molecule has 0 atom stereocenters. The lowest BCUT2D eigenvalue weighted by Gasteiger charge is -2.29. The van der Waals surface area contributed by atoms with Crippen LogP contribution in [0.4, 0.5) is 0 Å². The molecule has 1 fully saturated rings. The molecule has 0 saturated carbocycles. The van der Waals surface area contributed by atoms with Crippen LogP contribution in [0.3, 0.4) is 0 Å². The molecule has 1 aliphatic rings. The molecule has 1 heterocycles. The number of hydrogen-bond acceptors (Lipinski definition) is 1. The molecule has 1 aliphatic heterocycles. The van der Waals surface area contributed by atoms with Gasteiger partial charge in [0.15, 0.2) is 0 Å². The molecule has 0 bridgehead atoms. The zero-order chi connectivity index (χ0) is 14.7. The van der Waals surface area contributed by atoms with Crippen molar-refractivity contribution in [1.29, 1.82) is 0 Å². The third-order valence-electron chi connectivity index (χ3n) is 5.22. The Balaban J connectivity index is 2.18. The standard InChI is InChI=1S/C18H39NSi/c1-4-6-16-20(3,17-7-5-2)18-12-11-15-19-13-9-8-10-14-19/h4-18H2,1-3H3. The van der Waals surface area contributed by atoms with Crippen molar-refractivity contribution >= 4 is 8.07 Å². The summed E-state index contributed by atoms with van der Waals surface area (Å²) in [7, 11) is -0.897. The van der Waals surface area contributed by atoms with Crippen LogP contribution in [0.15, 0.2) is 0 Å². The van der Waals surface area contributed by atoms with Crippen molar-refractivity contribution in [3.05, 3.63) is 0 Å². The Bertz CT molecular complexity index is 215. The number of rotatable bonds is 11. The van der Waals surface area contributed by atoms with E-state index >= 15 is 0 Å². The maximum atomic E-state index is 2.71. The van der Waals surface area contributed by atoms with E-state index in [0.717, 1.165) is 0 Å². The summed E-state index contributed by atoms with van der Waals surface area (Å²) in [4.78, 5) is 2.71. The Morgan fingerprint density at radius 1 is 0.750 bits per heavy atom. The van der Waals surface area contributed by atoms with Crippen molar-refractivity contribution in [2.24, 2.45) is 0 Å². The highest BCUT2D eigenvalue weighted by molar-refractivity contribution is 6.78. The molecule has 20 heavy (non-hydrogen) atoms. The Morgan fingerprint density at radius 3 is 1.85 bits per heavy atom. The van der Waals surface area contributed by atoms with Gasteiger partial charge in [-0.1, -0.05) is 77.1 Å². The first kappa shape index (κ1) is 18.2. The molecular weight excluding hydrogens is 258 g/mol. The van der Waals surface area contributed by atoms with E-state index in [1.165, 1.54) is 77.4 Å². The van der Waals surface area contributed by atoms with Gasteiger partial charge in [0.1, 0.15) is 0 Å². The van der Waals surface area contributed by atoms with Gasteiger partial charge in [-0.15, -0.1) is 0 Å².